The zero-order valence-electron chi connectivity index (χ0n) is 13.2. The Morgan fingerprint density at radius 2 is 2.14 bits per heavy atom. The van der Waals surface area contributed by atoms with Gasteiger partial charge in [0, 0.05) is 5.69 Å². The molecule has 1 amide bonds. The summed E-state index contributed by atoms with van der Waals surface area (Å²) in [5.74, 6) is 0.370. The van der Waals surface area contributed by atoms with Crippen molar-refractivity contribution >= 4 is 39.9 Å². The standard InChI is InChI=1S/C16H23N3OS2/c1-3-13-5-4-6-14(11-13)17-15(20)12-22-16(21)19-9-7-18(2)8-10-19/h4-6,11H,3,7-10,12H2,1-2H3,(H,17,20)/p+1. The predicted molar refractivity (Wildman–Crippen MR) is 97.7 cm³/mol. The second kappa shape index (κ2) is 8.50. The number of benzene rings is 1. The van der Waals surface area contributed by atoms with Crippen LogP contribution >= 0.6 is 24.0 Å². The number of anilines is 1. The largest absolute Gasteiger partial charge is 0.346 e. The molecule has 120 valence electrons. The number of likely N-dealkylation sites (N-methyl/N-ethyl adjacent to an activating group) is 1. The van der Waals surface area contributed by atoms with Crippen LogP contribution in [0.1, 0.15) is 12.5 Å². The number of aryl methyl sites for hydroxylation is 1. The van der Waals surface area contributed by atoms with Crippen LogP contribution in [0.25, 0.3) is 0 Å². The van der Waals surface area contributed by atoms with E-state index in [1.54, 1.807) is 0 Å². The summed E-state index contributed by atoms with van der Waals surface area (Å²) >= 11 is 6.89. The molecule has 0 aromatic heterocycles. The van der Waals surface area contributed by atoms with Crippen LogP contribution in [0.5, 0.6) is 0 Å². The van der Waals surface area contributed by atoms with Gasteiger partial charge in [0.05, 0.1) is 39.0 Å². The molecule has 2 rings (SSSR count). The zero-order valence-corrected chi connectivity index (χ0v) is 14.9. The second-order valence-corrected chi connectivity index (χ2v) is 7.21. The molecule has 1 saturated heterocycles. The van der Waals surface area contributed by atoms with Crippen molar-refractivity contribution in [2.45, 2.75) is 13.3 Å². The van der Waals surface area contributed by atoms with Gasteiger partial charge in [-0.15, -0.1) is 0 Å². The number of thioether (sulfide) groups is 1. The Balaban J connectivity index is 1.76. The zero-order chi connectivity index (χ0) is 15.9. The summed E-state index contributed by atoms with van der Waals surface area (Å²) in [5.41, 5.74) is 2.08. The maximum absolute atomic E-state index is 12.0. The number of amides is 1. The fourth-order valence-electron chi connectivity index (χ4n) is 2.36. The van der Waals surface area contributed by atoms with Crippen LogP contribution in [0.3, 0.4) is 0 Å². The Labute approximate surface area is 142 Å². The third-order valence-corrected chi connectivity index (χ3v) is 5.34. The quantitative estimate of drug-likeness (QED) is 0.805. The molecule has 1 aromatic carbocycles. The van der Waals surface area contributed by atoms with Crippen LogP contribution in [0.4, 0.5) is 5.69 Å². The topological polar surface area (TPSA) is 36.8 Å². The van der Waals surface area contributed by atoms with E-state index < -0.39 is 0 Å². The molecule has 0 bridgehead atoms. The Hall–Kier alpha value is -1.11. The SMILES string of the molecule is CCc1cccc(NC(=O)CSC(=S)N2CC[NH+](C)CC2)c1. The molecular weight excluding hydrogens is 314 g/mol. The van der Waals surface area contributed by atoms with Crippen LogP contribution in [0.15, 0.2) is 24.3 Å². The van der Waals surface area contributed by atoms with Crippen molar-refractivity contribution in [2.75, 3.05) is 44.3 Å². The molecule has 1 fully saturated rings. The molecule has 1 aliphatic heterocycles. The lowest BCUT2D eigenvalue weighted by Gasteiger charge is -2.31. The van der Waals surface area contributed by atoms with Crippen LogP contribution in [-0.4, -0.2) is 54.1 Å². The van der Waals surface area contributed by atoms with Crippen molar-refractivity contribution in [2.24, 2.45) is 0 Å². The number of nitrogens with one attached hydrogen (secondary N) is 2. The van der Waals surface area contributed by atoms with Gasteiger partial charge in [-0.3, -0.25) is 4.79 Å². The van der Waals surface area contributed by atoms with Crippen molar-refractivity contribution in [1.29, 1.82) is 0 Å². The smallest absolute Gasteiger partial charge is 0.234 e. The number of piperazine rings is 1. The van der Waals surface area contributed by atoms with Crippen LogP contribution < -0.4 is 10.2 Å². The summed E-state index contributed by atoms with van der Waals surface area (Å²) < 4.78 is 0.838. The average Bonchev–Trinajstić information content (AvgIpc) is 2.53. The van der Waals surface area contributed by atoms with E-state index in [4.69, 9.17) is 12.2 Å². The molecule has 22 heavy (non-hydrogen) atoms. The van der Waals surface area contributed by atoms with E-state index in [2.05, 4.69) is 30.3 Å². The Morgan fingerprint density at radius 3 is 2.82 bits per heavy atom. The fourth-order valence-corrected chi connectivity index (χ4v) is 3.41. The summed E-state index contributed by atoms with van der Waals surface area (Å²) in [6.45, 7) is 6.29. The predicted octanol–water partition coefficient (Wildman–Crippen LogP) is 1.04. The number of rotatable bonds is 4. The molecule has 0 aliphatic carbocycles. The number of quaternary nitrogens is 1. The summed E-state index contributed by atoms with van der Waals surface area (Å²) in [4.78, 5) is 15.8. The first-order valence-corrected chi connectivity index (χ1v) is 9.09. The summed E-state index contributed by atoms with van der Waals surface area (Å²) in [6, 6.07) is 7.97. The van der Waals surface area contributed by atoms with Crippen molar-refractivity contribution in [3.63, 3.8) is 0 Å². The maximum atomic E-state index is 12.0. The first-order chi connectivity index (χ1) is 10.6. The van der Waals surface area contributed by atoms with E-state index in [9.17, 15) is 4.79 Å². The highest BCUT2D eigenvalue weighted by Gasteiger charge is 2.19. The monoisotopic (exact) mass is 338 g/mol. The minimum atomic E-state index is 0.000329. The molecule has 0 atom stereocenters. The summed E-state index contributed by atoms with van der Waals surface area (Å²) in [6.07, 6.45) is 0.966. The lowest BCUT2D eigenvalue weighted by molar-refractivity contribution is -0.883. The Morgan fingerprint density at radius 1 is 1.41 bits per heavy atom. The highest BCUT2D eigenvalue weighted by molar-refractivity contribution is 8.23. The maximum Gasteiger partial charge on any atom is 0.234 e. The van der Waals surface area contributed by atoms with Gasteiger partial charge in [0.25, 0.3) is 0 Å². The van der Waals surface area contributed by atoms with Gasteiger partial charge in [-0.1, -0.05) is 43.0 Å². The molecule has 1 heterocycles. The number of carbonyl (C=O) groups excluding carboxylic acids is 1. The van der Waals surface area contributed by atoms with Crippen LogP contribution in [0, 0.1) is 0 Å². The second-order valence-electron chi connectivity index (χ2n) is 5.60. The minimum absolute atomic E-state index is 0.000329. The van der Waals surface area contributed by atoms with E-state index in [-0.39, 0.29) is 5.91 Å². The Bertz CT molecular complexity index is 528. The van der Waals surface area contributed by atoms with Crippen molar-refractivity contribution in [3.05, 3.63) is 29.8 Å². The van der Waals surface area contributed by atoms with E-state index in [1.807, 2.05) is 18.2 Å². The first-order valence-electron chi connectivity index (χ1n) is 7.70. The van der Waals surface area contributed by atoms with Gasteiger partial charge in [-0.25, -0.2) is 0 Å². The van der Waals surface area contributed by atoms with Crippen LogP contribution in [-0.2, 0) is 11.2 Å². The van der Waals surface area contributed by atoms with E-state index >= 15 is 0 Å². The van der Waals surface area contributed by atoms with Gasteiger partial charge in [0.2, 0.25) is 5.91 Å². The van der Waals surface area contributed by atoms with Crippen molar-refractivity contribution in [1.82, 2.24) is 4.90 Å². The molecule has 1 aliphatic rings. The molecule has 1 aromatic rings. The third-order valence-electron chi connectivity index (χ3n) is 3.82. The molecule has 4 nitrogen and oxygen atoms in total. The molecule has 2 N–H and O–H groups in total. The normalized spacial score (nSPS) is 15.6. The first kappa shape index (κ1) is 17.2. The molecule has 0 unspecified atom stereocenters. The van der Waals surface area contributed by atoms with E-state index in [0.29, 0.717) is 5.75 Å². The molecule has 0 spiro atoms. The number of nitrogens with zero attached hydrogens (tertiary/aromatic N) is 1. The summed E-state index contributed by atoms with van der Waals surface area (Å²) in [5, 5.41) is 2.94. The average molecular weight is 339 g/mol. The van der Waals surface area contributed by atoms with Gasteiger partial charge in [0.1, 0.15) is 4.32 Å². The highest BCUT2D eigenvalue weighted by Crippen LogP contribution is 2.13. The molecule has 0 saturated carbocycles. The van der Waals surface area contributed by atoms with E-state index in [1.165, 1.54) is 22.2 Å². The summed E-state index contributed by atoms with van der Waals surface area (Å²) in [7, 11) is 2.20. The molecule has 6 heteroatoms. The van der Waals surface area contributed by atoms with Gasteiger partial charge in [-0.2, -0.15) is 0 Å². The third kappa shape index (κ3) is 5.26. The molecular formula is C16H24N3OS2+. The number of thiocarbonyl (C=S) groups is 1. The number of hydrogen-bond acceptors (Lipinski definition) is 3. The Kier molecular flexibility index (Phi) is 6.67. The lowest BCUT2D eigenvalue weighted by Crippen LogP contribution is -3.12. The number of carbonyl (C=O) groups is 1. The minimum Gasteiger partial charge on any atom is -0.346 e. The molecule has 0 radical (unpaired) electrons. The van der Waals surface area contributed by atoms with Crippen LogP contribution in [0.2, 0.25) is 0 Å². The lowest BCUT2D eigenvalue weighted by atomic mass is 10.1. The van der Waals surface area contributed by atoms with Gasteiger partial charge >= 0.3 is 0 Å². The van der Waals surface area contributed by atoms with Crippen molar-refractivity contribution in [3.8, 4) is 0 Å². The fraction of sp³-hybridized carbons (Fsp3) is 0.500. The van der Waals surface area contributed by atoms with Gasteiger partial charge in [-0.05, 0) is 24.1 Å². The van der Waals surface area contributed by atoms with Crippen molar-refractivity contribution < 1.29 is 9.69 Å². The highest BCUT2D eigenvalue weighted by atomic mass is 32.2. The van der Waals surface area contributed by atoms with Gasteiger partial charge < -0.3 is 15.1 Å². The van der Waals surface area contributed by atoms with E-state index in [0.717, 1.165) is 42.6 Å². The number of hydrogen-bond donors (Lipinski definition) is 2. The van der Waals surface area contributed by atoms with Gasteiger partial charge in [0.15, 0.2) is 0 Å².